The van der Waals surface area contributed by atoms with Crippen molar-refractivity contribution in [2.24, 2.45) is 0 Å². The van der Waals surface area contributed by atoms with Crippen LogP contribution in [0.4, 0.5) is 11.4 Å². The molecule has 128 valence electrons. The second-order valence-electron chi connectivity index (χ2n) is 5.33. The van der Waals surface area contributed by atoms with Crippen LogP contribution in [0.2, 0.25) is 0 Å². The first-order valence-electron chi connectivity index (χ1n) is 6.94. The fourth-order valence-electron chi connectivity index (χ4n) is 1.95. The highest BCUT2D eigenvalue weighted by atomic mass is 32.2. The zero-order valence-electron chi connectivity index (χ0n) is 13.2. The second kappa shape index (κ2) is 7.06. The summed E-state index contributed by atoms with van der Waals surface area (Å²) in [5.41, 5.74) is 2.83. The Hall–Kier alpha value is -2.32. The van der Waals surface area contributed by atoms with Crippen molar-refractivity contribution in [1.82, 2.24) is 0 Å². The van der Waals surface area contributed by atoms with Gasteiger partial charge in [-0.3, -0.25) is 9.44 Å². The fraction of sp³-hybridized carbons (Fsp3) is 0.125. The van der Waals surface area contributed by atoms with Crippen LogP contribution in [0.25, 0.3) is 12.2 Å². The molecule has 0 radical (unpaired) electrons. The summed E-state index contributed by atoms with van der Waals surface area (Å²) in [6.45, 7) is 0. The van der Waals surface area contributed by atoms with Gasteiger partial charge in [0, 0.05) is 11.4 Å². The highest BCUT2D eigenvalue weighted by Gasteiger charge is 2.01. The van der Waals surface area contributed by atoms with Crippen molar-refractivity contribution in [2.45, 2.75) is 0 Å². The van der Waals surface area contributed by atoms with Crippen LogP contribution < -0.4 is 9.44 Å². The number of nitrogens with one attached hydrogen (secondary N) is 2. The van der Waals surface area contributed by atoms with Crippen LogP contribution in [0.3, 0.4) is 0 Å². The molecule has 0 amide bonds. The molecule has 8 heteroatoms. The van der Waals surface area contributed by atoms with Crippen molar-refractivity contribution >= 4 is 43.6 Å². The Morgan fingerprint density at radius 1 is 0.625 bits per heavy atom. The first-order chi connectivity index (χ1) is 11.1. The third-order valence-corrected chi connectivity index (χ3v) is 4.11. The van der Waals surface area contributed by atoms with Crippen molar-refractivity contribution < 1.29 is 16.8 Å². The first-order valence-corrected chi connectivity index (χ1v) is 10.7. The van der Waals surface area contributed by atoms with Crippen molar-refractivity contribution in [3.8, 4) is 0 Å². The number of hydrogen-bond donors (Lipinski definition) is 2. The lowest BCUT2D eigenvalue weighted by Crippen LogP contribution is -2.09. The minimum atomic E-state index is -3.28. The van der Waals surface area contributed by atoms with Gasteiger partial charge in [-0.1, -0.05) is 36.4 Å². The Morgan fingerprint density at radius 3 is 1.17 bits per heavy atom. The molecule has 0 heterocycles. The van der Waals surface area contributed by atoms with Gasteiger partial charge in [-0.15, -0.1) is 0 Å². The van der Waals surface area contributed by atoms with E-state index in [4.69, 9.17) is 0 Å². The van der Waals surface area contributed by atoms with Gasteiger partial charge in [0.2, 0.25) is 20.0 Å². The Labute approximate surface area is 142 Å². The van der Waals surface area contributed by atoms with Crippen molar-refractivity contribution in [2.75, 3.05) is 22.0 Å². The molecule has 0 aromatic heterocycles. The van der Waals surface area contributed by atoms with Crippen LogP contribution in [-0.4, -0.2) is 29.3 Å². The number of hydrogen-bond acceptors (Lipinski definition) is 4. The van der Waals surface area contributed by atoms with Gasteiger partial charge in [-0.05, 0) is 35.4 Å². The van der Waals surface area contributed by atoms with Gasteiger partial charge in [-0.25, -0.2) is 16.8 Å². The largest absolute Gasteiger partial charge is 0.284 e. The zero-order valence-corrected chi connectivity index (χ0v) is 14.9. The molecule has 2 aromatic carbocycles. The van der Waals surface area contributed by atoms with Gasteiger partial charge in [0.1, 0.15) is 0 Å². The van der Waals surface area contributed by atoms with E-state index in [0.717, 1.165) is 23.6 Å². The number of benzene rings is 2. The normalized spacial score (nSPS) is 12.2. The average molecular weight is 366 g/mol. The number of sulfonamides is 2. The summed E-state index contributed by atoms with van der Waals surface area (Å²) in [6, 6.07) is 13.9. The minimum absolute atomic E-state index is 0.505. The van der Waals surface area contributed by atoms with E-state index < -0.39 is 20.0 Å². The van der Waals surface area contributed by atoms with Gasteiger partial charge >= 0.3 is 0 Å². The third kappa shape index (κ3) is 6.43. The average Bonchev–Trinajstić information content (AvgIpc) is 2.45. The predicted molar refractivity (Wildman–Crippen MR) is 98.7 cm³/mol. The zero-order chi connectivity index (χ0) is 17.8. The molecule has 0 saturated carbocycles. The molecule has 0 aliphatic heterocycles. The van der Waals surface area contributed by atoms with E-state index in [-0.39, 0.29) is 0 Å². The molecule has 0 saturated heterocycles. The maximum Gasteiger partial charge on any atom is 0.229 e. The molecule has 0 fully saturated rings. The standard InChI is InChI=1S/C16H18N2O4S2/c1-23(19,20)17-15-9-5-13(6-10-15)3-4-14-7-11-16(12-8-14)18-24(2,21)22/h3-12,17-18H,1-2H3. The first kappa shape index (κ1) is 18.0. The summed E-state index contributed by atoms with van der Waals surface area (Å²) < 4.78 is 49.4. The van der Waals surface area contributed by atoms with Crippen LogP contribution >= 0.6 is 0 Å². The van der Waals surface area contributed by atoms with Gasteiger partial charge in [-0.2, -0.15) is 0 Å². The summed E-state index contributed by atoms with van der Waals surface area (Å²) in [5, 5.41) is 0. The van der Waals surface area contributed by atoms with Crippen LogP contribution in [0.1, 0.15) is 11.1 Å². The maximum atomic E-state index is 11.1. The van der Waals surface area contributed by atoms with Crippen LogP contribution in [0.5, 0.6) is 0 Å². The van der Waals surface area contributed by atoms with E-state index in [1.807, 2.05) is 12.2 Å². The topological polar surface area (TPSA) is 92.3 Å². The summed E-state index contributed by atoms with van der Waals surface area (Å²) in [5.74, 6) is 0. The predicted octanol–water partition coefficient (Wildman–Crippen LogP) is 2.60. The maximum absolute atomic E-state index is 11.1. The lowest BCUT2D eigenvalue weighted by molar-refractivity contribution is 0.605. The van der Waals surface area contributed by atoms with E-state index >= 15 is 0 Å². The van der Waals surface area contributed by atoms with Crippen LogP contribution in [0, 0.1) is 0 Å². The monoisotopic (exact) mass is 366 g/mol. The molecule has 0 bridgehead atoms. The van der Waals surface area contributed by atoms with Crippen molar-refractivity contribution in [1.29, 1.82) is 0 Å². The minimum Gasteiger partial charge on any atom is -0.284 e. The van der Waals surface area contributed by atoms with Gasteiger partial charge in [0.05, 0.1) is 12.5 Å². The Morgan fingerprint density at radius 2 is 0.917 bits per heavy atom. The summed E-state index contributed by atoms with van der Waals surface area (Å²) in [7, 11) is -6.56. The highest BCUT2D eigenvalue weighted by molar-refractivity contribution is 7.92. The van der Waals surface area contributed by atoms with E-state index in [2.05, 4.69) is 9.44 Å². The Balaban J connectivity index is 2.05. The number of anilines is 2. The molecular weight excluding hydrogens is 348 g/mol. The molecule has 0 spiro atoms. The molecule has 2 rings (SSSR count). The second-order valence-corrected chi connectivity index (χ2v) is 8.82. The number of rotatable bonds is 6. The summed E-state index contributed by atoms with van der Waals surface area (Å²) in [6.07, 6.45) is 5.96. The smallest absolute Gasteiger partial charge is 0.229 e. The van der Waals surface area contributed by atoms with E-state index in [0.29, 0.717) is 11.4 Å². The summed E-state index contributed by atoms with van der Waals surface area (Å²) in [4.78, 5) is 0. The molecule has 0 aliphatic carbocycles. The molecule has 24 heavy (non-hydrogen) atoms. The molecule has 0 aliphatic rings. The van der Waals surface area contributed by atoms with E-state index in [1.54, 1.807) is 48.5 Å². The lowest BCUT2D eigenvalue weighted by atomic mass is 10.1. The Kier molecular flexibility index (Phi) is 5.30. The van der Waals surface area contributed by atoms with Crippen molar-refractivity contribution in [3.05, 3.63) is 59.7 Å². The molecule has 0 atom stereocenters. The lowest BCUT2D eigenvalue weighted by Gasteiger charge is -2.04. The van der Waals surface area contributed by atoms with Gasteiger partial charge in [0.15, 0.2) is 0 Å². The van der Waals surface area contributed by atoms with Gasteiger partial charge in [0.25, 0.3) is 0 Å². The molecule has 2 aromatic rings. The van der Waals surface area contributed by atoms with Crippen LogP contribution in [-0.2, 0) is 20.0 Å². The highest BCUT2D eigenvalue weighted by Crippen LogP contribution is 2.15. The third-order valence-electron chi connectivity index (χ3n) is 2.90. The molecule has 6 nitrogen and oxygen atoms in total. The fourth-order valence-corrected chi connectivity index (χ4v) is 3.07. The van der Waals surface area contributed by atoms with E-state index in [9.17, 15) is 16.8 Å². The molecule has 0 unspecified atom stereocenters. The van der Waals surface area contributed by atoms with Crippen LogP contribution in [0.15, 0.2) is 48.5 Å². The molecule has 2 N–H and O–H groups in total. The molecular formula is C16H18N2O4S2. The summed E-state index contributed by atoms with van der Waals surface area (Å²) >= 11 is 0. The van der Waals surface area contributed by atoms with Gasteiger partial charge < -0.3 is 0 Å². The van der Waals surface area contributed by atoms with E-state index in [1.165, 1.54) is 0 Å². The quantitative estimate of drug-likeness (QED) is 0.769. The SMILES string of the molecule is CS(=O)(=O)Nc1ccc(C=Cc2ccc(NS(C)(=O)=O)cc2)cc1. The Bertz CT molecular complexity index is 851. The van der Waals surface area contributed by atoms with Crippen molar-refractivity contribution in [3.63, 3.8) is 0 Å².